The van der Waals surface area contributed by atoms with Crippen LogP contribution in [-0.2, 0) is 16.0 Å². The van der Waals surface area contributed by atoms with Gasteiger partial charge < -0.3 is 15.4 Å². The third-order valence-corrected chi connectivity index (χ3v) is 4.26. The van der Waals surface area contributed by atoms with Crippen molar-refractivity contribution < 1.29 is 9.53 Å². The van der Waals surface area contributed by atoms with E-state index in [0.717, 1.165) is 23.1 Å². The number of aromatic nitrogens is 1. The predicted octanol–water partition coefficient (Wildman–Crippen LogP) is 1.57. The van der Waals surface area contributed by atoms with E-state index in [0.29, 0.717) is 13.0 Å². The Morgan fingerprint density at radius 2 is 2.26 bits per heavy atom. The van der Waals surface area contributed by atoms with Gasteiger partial charge in [0.15, 0.2) is 5.13 Å². The standard InChI is InChI=1S/C13H21N3O2S/c1-2-18-12(17)11(14)8-10-9-15-13(19-10)16-6-4-3-5-7-16/h9,11H,2-8,14H2,1H3. The summed E-state index contributed by atoms with van der Waals surface area (Å²) in [6.07, 6.45) is 6.11. The molecule has 2 N–H and O–H groups in total. The van der Waals surface area contributed by atoms with Crippen molar-refractivity contribution in [3.63, 3.8) is 0 Å². The van der Waals surface area contributed by atoms with E-state index in [1.807, 2.05) is 6.20 Å². The van der Waals surface area contributed by atoms with Crippen LogP contribution in [0.2, 0.25) is 0 Å². The van der Waals surface area contributed by atoms with Gasteiger partial charge in [-0.1, -0.05) is 0 Å². The third-order valence-electron chi connectivity index (χ3n) is 3.18. The highest BCUT2D eigenvalue weighted by Gasteiger charge is 2.19. The molecule has 2 rings (SSSR count). The lowest BCUT2D eigenvalue weighted by Gasteiger charge is -2.25. The van der Waals surface area contributed by atoms with Crippen LogP contribution in [0.3, 0.4) is 0 Å². The van der Waals surface area contributed by atoms with Gasteiger partial charge in [0, 0.05) is 30.6 Å². The molecule has 0 saturated carbocycles. The highest BCUT2D eigenvalue weighted by molar-refractivity contribution is 7.15. The summed E-state index contributed by atoms with van der Waals surface area (Å²) in [5.41, 5.74) is 5.81. The number of ether oxygens (including phenoxy) is 1. The van der Waals surface area contributed by atoms with Gasteiger partial charge in [0.2, 0.25) is 0 Å². The summed E-state index contributed by atoms with van der Waals surface area (Å²) < 4.78 is 4.91. The van der Waals surface area contributed by atoms with Crippen LogP contribution in [0.5, 0.6) is 0 Å². The number of hydrogen-bond donors (Lipinski definition) is 1. The second-order valence-corrected chi connectivity index (χ2v) is 5.81. The van der Waals surface area contributed by atoms with Crippen molar-refractivity contribution in [3.8, 4) is 0 Å². The van der Waals surface area contributed by atoms with Crippen molar-refractivity contribution in [1.82, 2.24) is 4.98 Å². The number of thiazole rings is 1. The van der Waals surface area contributed by atoms with Gasteiger partial charge in [0.25, 0.3) is 0 Å². The number of anilines is 1. The van der Waals surface area contributed by atoms with E-state index in [2.05, 4.69) is 9.88 Å². The van der Waals surface area contributed by atoms with E-state index >= 15 is 0 Å². The fourth-order valence-electron chi connectivity index (χ4n) is 2.17. The van der Waals surface area contributed by atoms with Crippen molar-refractivity contribution in [2.45, 2.75) is 38.6 Å². The molecule has 1 aromatic rings. The van der Waals surface area contributed by atoms with Gasteiger partial charge in [0.05, 0.1) is 6.61 Å². The molecule has 1 fully saturated rings. The maximum atomic E-state index is 11.5. The van der Waals surface area contributed by atoms with E-state index in [-0.39, 0.29) is 5.97 Å². The Morgan fingerprint density at radius 3 is 2.95 bits per heavy atom. The zero-order valence-corrected chi connectivity index (χ0v) is 12.1. The van der Waals surface area contributed by atoms with Gasteiger partial charge in [0.1, 0.15) is 6.04 Å². The first-order chi connectivity index (χ1) is 9.20. The van der Waals surface area contributed by atoms with Gasteiger partial charge in [-0.2, -0.15) is 0 Å². The number of nitrogens with two attached hydrogens (primary N) is 1. The Bertz CT molecular complexity index is 416. The lowest BCUT2D eigenvalue weighted by molar-refractivity contribution is -0.144. The van der Waals surface area contributed by atoms with Crippen LogP contribution in [0.15, 0.2) is 6.20 Å². The molecular formula is C13H21N3O2S. The molecule has 2 heterocycles. The van der Waals surface area contributed by atoms with Gasteiger partial charge in [-0.25, -0.2) is 4.98 Å². The number of carbonyl (C=O) groups excluding carboxylic acids is 1. The molecule has 19 heavy (non-hydrogen) atoms. The fraction of sp³-hybridized carbons (Fsp3) is 0.692. The summed E-state index contributed by atoms with van der Waals surface area (Å²) >= 11 is 1.63. The van der Waals surface area contributed by atoms with Gasteiger partial charge in [-0.05, 0) is 26.2 Å². The maximum Gasteiger partial charge on any atom is 0.323 e. The van der Waals surface area contributed by atoms with Crippen molar-refractivity contribution >= 4 is 22.4 Å². The number of hydrogen-bond acceptors (Lipinski definition) is 6. The highest BCUT2D eigenvalue weighted by Crippen LogP contribution is 2.26. The van der Waals surface area contributed by atoms with E-state index in [9.17, 15) is 4.79 Å². The Labute approximate surface area is 117 Å². The van der Waals surface area contributed by atoms with Crippen LogP contribution in [0.25, 0.3) is 0 Å². The largest absolute Gasteiger partial charge is 0.465 e. The van der Waals surface area contributed by atoms with Crippen LogP contribution in [0, 0.1) is 0 Å². The van der Waals surface area contributed by atoms with Crippen molar-refractivity contribution in [2.24, 2.45) is 5.73 Å². The smallest absolute Gasteiger partial charge is 0.323 e. The number of esters is 1. The molecule has 0 bridgehead atoms. The molecule has 5 nitrogen and oxygen atoms in total. The highest BCUT2D eigenvalue weighted by atomic mass is 32.1. The predicted molar refractivity (Wildman–Crippen MR) is 76.5 cm³/mol. The zero-order valence-electron chi connectivity index (χ0n) is 11.3. The van der Waals surface area contributed by atoms with Crippen molar-refractivity contribution in [3.05, 3.63) is 11.1 Å². The Kier molecular flexibility index (Phi) is 5.15. The lowest BCUT2D eigenvalue weighted by atomic mass is 10.1. The van der Waals surface area contributed by atoms with Crippen molar-refractivity contribution in [2.75, 3.05) is 24.6 Å². The normalized spacial score (nSPS) is 17.3. The zero-order chi connectivity index (χ0) is 13.7. The van der Waals surface area contributed by atoms with Gasteiger partial charge >= 0.3 is 5.97 Å². The Hall–Kier alpha value is -1.14. The summed E-state index contributed by atoms with van der Waals surface area (Å²) in [5, 5.41) is 1.05. The monoisotopic (exact) mass is 283 g/mol. The minimum absolute atomic E-state index is 0.338. The summed E-state index contributed by atoms with van der Waals surface area (Å²) in [6.45, 7) is 4.31. The number of carbonyl (C=O) groups is 1. The quantitative estimate of drug-likeness (QED) is 0.831. The molecule has 6 heteroatoms. The van der Waals surface area contributed by atoms with Crippen LogP contribution >= 0.6 is 11.3 Å². The summed E-state index contributed by atoms with van der Waals surface area (Å²) in [4.78, 5) is 19.3. The Balaban J connectivity index is 1.91. The van der Waals surface area contributed by atoms with Crippen LogP contribution < -0.4 is 10.6 Å². The van der Waals surface area contributed by atoms with E-state index < -0.39 is 6.04 Å². The molecule has 1 aromatic heterocycles. The maximum absolute atomic E-state index is 11.5. The van der Waals surface area contributed by atoms with Crippen LogP contribution in [0.1, 0.15) is 31.1 Å². The third kappa shape index (κ3) is 3.91. The fourth-order valence-corrected chi connectivity index (χ4v) is 3.19. The van der Waals surface area contributed by atoms with Gasteiger partial charge in [-0.3, -0.25) is 4.79 Å². The molecule has 1 aliphatic rings. The van der Waals surface area contributed by atoms with E-state index in [4.69, 9.17) is 10.5 Å². The van der Waals surface area contributed by atoms with Crippen LogP contribution in [0.4, 0.5) is 5.13 Å². The van der Waals surface area contributed by atoms with E-state index in [1.54, 1.807) is 18.3 Å². The Morgan fingerprint density at radius 1 is 1.53 bits per heavy atom. The number of piperidine rings is 1. The number of nitrogens with zero attached hydrogens (tertiary/aromatic N) is 2. The lowest BCUT2D eigenvalue weighted by Crippen LogP contribution is -2.34. The molecule has 1 unspecified atom stereocenters. The molecule has 1 saturated heterocycles. The van der Waals surface area contributed by atoms with Crippen molar-refractivity contribution in [1.29, 1.82) is 0 Å². The second-order valence-electron chi connectivity index (χ2n) is 4.72. The average Bonchev–Trinajstić information content (AvgIpc) is 2.88. The molecule has 1 aliphatic heterocycles. The van der Waals surface area contributed by atoms with Gasteiger partial charge in [-0.15, -0.1) is 11.3 Å². The molecule has 106 valence electrons. The molecule has 0 radical (unpaired) electrons. The first kappa shape index (κ1) is 14.3. The minimum atomic E-state index is -0.588. The first-order valence-corrected chi connectivity index (χ1v) is 7.64. The molecule has 0 aromatic carbocycles. The summed E-state index contributed by atoms with van der Waals surface area (Å²) in [6, 6.07) is -0.588. The average molecular weight is 283 g/mol. The summed E-state index contributed by atoms with van der Waals surface area (Å²) in [5.74, 6) is -0.338. The molecule has 1 atom stereocenters. The minimum Gasteiger partial charge on any atom is -0.465 e. The molecule has 0 amide bonds. The number of rotatable bonds is 5. The van der Waals surface area contributed by atoms with Crippen LogP contribution in [-0.4, -0.2) is 36.7 Å². The topological polar surface area (TPSA) is 68.5 Å². The molecular weight excluding hydrogens is 262 g/mol. The van der Waals surface area contributed by atoms with E-state index in [1.165, 1.54) is 19.3 Å². The first-order valence-electron chi connectivity index (χ1n) is 6.82. The SMILES string of the molecule is CCOC(=O)C(N)Cc1cnc(N2CCCCC2)s1. The molecule has 0 aliphatic carbocycles. The summed E-state index contributed by atoms with van der Waals surface area (Å²) in [7, 11) is 0. The molecule has 0 spiro atoms. The second kappa shape index (κ2) is 6.86.